The van der Waals surface area contributed by atoms with Gasteiger partial charge in [0, 0.05) is 48.3 Å². The second kappa shape index (κ2) is 16.3. The second-order valence-electron chi connectivity index (χ2n) is 13.3. The zero-order valence-corrected chi connectivity index (χ0v) is 30.1. The molecule has 3 unspecified atom stereocenters. The van der Waals surface area contributed by atoms with Gasteiger partial charge in [0.25, 0.3) is 0 Å². The summed E-state index contributed by atoms with van der Waals surface area (Å²) >= 11 is 0. The maximum atomic E-state index is 16.9. The molecule has 8 nitrogen and oxygen atoms in total. The predicted octanol–water partition coefficient (Wildman–Crippen LogP) is 8.10. The Balaban J connectivity index is 0.00000117. The van der Waals surface area contributed by atoms with Crippen molar-refractivity contribution in [2.24, 2.45) is 11.3 Å². The third kappa shape index (κ3) is 7.08. The summed E-state index contributed by atoms with van der Waals surface area (Å²) < 4.78 is 38.1. The van der Waals surface area contributed by atoms with Crippen LogP contribution in [0.25, 0.3) is 32.9 Å². The molecule has 4 aromatic rings. The quantitative estimate of drug-likeness (QED) is 0.197. The van der Waals surface area contributed by atoms with E-state index < -0.39 is 11.6 Å². The van der Waals surface area contributed by atoms with Crippen LogP contribution in [0.5, 0.6) is 11.8 Å². The van der Waals surface area contributed by atoms with Crippen molar-refractivity contribution in [1.29, 1.82) is 0 Å². The Hall–Kier alpha value is -4.07. The molecule has 2 aliphatic heterocycles. The van der Waals surface area contributed by atoms with Gasteiger partial charge in [-0.15, -0.1) is 6.42 Å². The molecule has 10 heteroatoms. The average Bonchev–Trinajstić information content (AvgIpc) is 3.44. The number of aromatic nitrogens is 3. The lowest BCUT2D eigenvalue weighted by Gasteiger charge is -2.44. The highest BCUT2D eigenvalue weighted by molar-refractivity contribution is 6.03. The van der Waals surface area contributed by atoms with E-state index in [0.717, 1.165) is 57.9 Å². The average molecular weight is 688 g/mol. The molecule has 0 bridgehead atoms. The normalized spacial score (nSPS) is 22.1. The SMILES string of the molecule is C#Cc1c(F)ccc2cc(O)cc(-c3ncc4c(N5CCCCC(CO)C5)nc(OCC56CCCC5N(C)CCC6)nc4c3F)c12.CC.CC. The Morgan fingerprint density at radius 3 is 2.56 bits per heavy atom. The maximum absolute atomic E-state index is 16.9. The van der Waals surface area contributed by atoms with Gasteiger partial charge in [-0.1, -0.05) is 52.5 Å². The van der Waals surface area contributed by atoms with Crippen molar-refractivity contribution >= 4 is 27.5 Å². The molecule has 2 saturated heterocycles. The van der Waals surface area contributed by atoms with E-state index >= 15 is 4.39 Å². The number of phenolic OH excluding ortho intramolecular Hbond substituents is 1. The first kappa shape index (κ1) is 37.2. The fourth-order valence-corrected chi connectivity index (χ4v) is 8.22. The highest BCUT2D eigenvalue weighted by atomic mass is 19.1. The number of hydrogen-bond donors (Lipinski definition) is 2. The van der Waals surface area contributed by atoms with E-state index in [-0.39, 0.29) is 57.4 Å². The summed E-state index contributed by atoms with van der Waals surface area (Å²) in [7, 11) is 2.18. The lowest BCUT2D eigenvalue weighted by Crippen LogP contribution is -2.50. The number of pyridine rings is 1. The Labute approximate surface area is 294 Å². The molecule has 3 atom stereocenters. The smallest absolute Gasteiger partial charge is 0.319 e. The summed E-state index contributed by atoms with van der Waals surface area (Å²) in [5.41, 5.74) is 0.0275. The Morgan fingerprint density at radius 1 is 1.02 bits per heavy atom. The summed E-state index contributed by atoms with van der Waals surface area (Å²) in [6.07, 6.45) is 15.5. The number of aliphatic hydroxyl groups excluding tert-OH is 1. The van der Waals surface area contributed by atoms with Crippen molar-refractivity contribution < 1.29 is 23.7 Å². The van der Waals surface area contributed by atoms with Gasteiger partial charge in [-0.25, -0.2) is 8.78 Å². The van der Waals surface area contributed by atoms with Crippen LogP contribution < -0.4 is 9.64 Å². The molecule has 1 saturated carbocycles. The highest BCUT2D eigenvalue weighted by Gasteiger charge is 2.47. The largest absolute Gasteiger partial charge is 0.508 e. The van der Waals surface area contributed by atoms with Gasteiger partial charge in [0.1, 0.15) is 28.6 Å². The first-order chi connectivity index (χ1) is 24.3. The van der Waals surface area contributed by atoms with Gasteiger partial charge in [0.15, 0.2) is 5.82 Å². The Kier molecular flexibility index (Phi) is 12.1. The molecular formula is C40H51F2N5O3. The molecule has 1 aliphatic carbocycles. The Bertz CT molecular complexity index is 1850. The third-order valence-electron chi connectivity index (χ3n) is 10.5. The number of terminal acetylenes is 1. The van der Waals surface area contributed by atoms with Crippen LogP contribution in [0, 0.1) is 35.3 Å². The van der Waals surface area contributed by atoms with Crippen molar-refractivity contribution in [3.05, 3.63) is 47.7 Å². The van der Waals surface area contributed by atoms with Crippen molar-refractivity contribution in [2.75, 3.05) is 44.8 Å². The zero-order valence-electron chi connectivity index (χ0n) is 30.1. The lowest BCUT2D eigenvalue weighted by molar-refractivity contribution is 0.0133. The van der Waals surface area contributed by atoms with Crippen LogP contribution in [0.4, 0.5) is 14.6 Å². The number of likely N-dealkylation sites (tertiary alicyclic amines) is 1. The molecule has 0 spiro atoms. The molecule has 268 valence electrons. The number of aromatic hydroxyl groups is 1. The standard InChI is InChI=1S/C36H39F2N5O3.2C2H6/c1-3-25-28(37)11-10-23-16-24(45)17-26(30(23)25)32-31(38)33-27(18-39-32)34(43-15-5-4-8-22(19-43)20-44)41-35(40-33)46-21-36-12-6-9-29(36)42(2)14-7-13-36;2*1-2/h1,10-11,16-18,22,29,44-45H,4-9,12-15,19-21H2,2H3;2*1-2H3. The van der Waals surface area contributed by atoms with Crippen LogP contribution >= 0.6 is 0 Å². The number of aliphatic hydroxyl groups is 1. The third-order valence-corrected chi connectivity index (χ3v) is 10.5. The van der Waals surface area contributed by atoms with E-state index in [1.807, 2.05) is 27.7 Å². The summed E-state index contributed by atoms with van der Waals surface area (Å²) in [6, 6.07) is 6.04. The molecule has 3 fully saturated rings. The van der Waals surface area contributed by atoms with Crippen LogP contribution in [-0.4, -0.2) is 76.0 Å². The molecule has 0 radical (unpaired) electrons. The van der Waals surface area contributed by atoms with Crippen LogP contribution in [0.2, 0.25) is 0 Å². The molecule has 7 rings (SSSR count). The van der Waals surface area contributed by atoms with Crippen LogP contribution in [0.15, 0.2) is 30.5 Å². The number of phenols is 1. The number of nitrogens with zero attached hydrogens (tertiary/aromatic N) is 5. The second-order valence-corrected chi connectivity index (χ2v) is 13.3. The van der Waals surface area contributed by atoms with Gasteiger partial charge in [-0.05, 0) is 81.6 Å². The number of fused-ring (bicyclic) bond motifs is 3. The maximum Gasteiger partial charge on any atom is 0.319 e. The summed E-state index contributed by atoms with van der Waals surface area (Å²) in [5.74, 6) is 1.45. The minimum absolute atomic E-state index is 0.00576. The highest BCUT2D eigenvalue weighted by Crippen LogP contribution is 2.47. The van der Waals surface area contributed by atoms with Gasteiger partial charge >= 0.3 is 6.01 Å². The molecule has 50 heavy (non-hydrogen) atoms. The van der Waals surface area contributed by atoms with Crippen molar-refractivity contribution in [3.8, 4) is 35.4 Å². The van der Waals surface area contributed by atoms with Crippen LogP contribution in [0.1, 0.15) is 84.6 Å². The molecule has 2 N–H and O–H groups in total. The van der Waals surface area contributed by atoms with Gasteiger partial charge in [0.05, 0.1) is 17.6 Å². The van der Waals surface area contributed by atoms with Gasteiger partial charge in [-0.2, -0.15) is 9.97 Å². The molecule has 3 aliphatic rings. The van der Waals surface area contributed by atoms with Crippen molar-refractivity contribution in [1.82, 2.24) is 19.9 Å². The minimum atomic E-state index is -0.743. The Morgan fingerprint density at radius 2 is 1.80 bits per heavy atom. The van der Waals surface area contributed by atoms with Gasteiger partial charge in [0.2, 0.25) is 0 Å². The minimum Gasteiger partial charge on any atom is -0.508 e. The van der Waals surface area contributed by atoms with E-state index in [9.17, 15) is 14.6 Å². The summed E-state index contributed by atoms with van der Waals surface area (Å²) in [4.78, 5) is 18.5. The first-order valence-corrected chi connectivity index (χ1v) is 18.3. The number of halogens is 2. The number of ether oxygens (including phenoxy) is 1. The topological polar surface area (TPSA) is 94.8 Å². The fraction of sp³-hybridized carbons (Fsp3) is 0.525. The summed E-state index contributed by atoms with van der Waals surface area (Å²) in [5, 5.41) is 21.7. The van der Waals surface area contributed by atoms with Gasteiger partial charge in [-0.3, -0.25) is 4.98 Å². The van der Waals surface area contributed by atoms with Crippen molar-refractivity contribution in [2.45, 2.75) is 85.1 Å². The zero-order chi connectivity index (χ0) is 36.0. The summed E-state index contributed by atoms with van der Waals surface area (Å²) in [6.45, 7) is 10.8. The number of anilines is 1. The van der Waals surface area contributed by atoms with Crippen molar-refractivity contribution in [3.63, 3.8) is 0 Å². The molecular weight excluding hydrogens is 636 g/mol. The van der Waals surface area contributed by atoms with E-state index in [4.69, 9.17) is 16.1 Å². The lowest BCUT2D eigenvalue weighted by atomic mass is 9.76. The van der Waals surface area contributed by atoms with E-state index in [2.05, 4.69) is 32.7 Å². The fourth-order valence-electron chi connectivity index (χ4n) is 8.22. The van der Waals surface area contributed by atoms with E-state index in [1.54, 1.807) is 0 Å². The molecule has 2 aromatic heterocycles. The molecule has 4 heterocycles. The van der Waals surface area contributed by atoms with Crippen LogP contribution in [0.3, 0.4) is 0 Å². The van der Waals surface area contributed by atoms with Gasteiger partial charge < -0.3 is 24.7 Å². The monoisotopic (exact) mass is 687 g/mol. The number of rotatable bonds is 6. The van der Waals surface area contributed by atoms with E-state index in [0.29, 0.717) is 42.3 Å². The number of piperidine rings is 1. The number of benzene rings is 2. The molecule has 2 aromatic carbocycles. The van der Waals surface area contributed by atoms with E-state index in [1.165, 1.54) is 30.5 Å². The number of hydrogen-bond acceptors (Lipinski definition) is 8. The van der Waals surface area contributed by atoms with Crippen LogP contribution in [-0.2, 0) is 0 Å². The molecule has 0 amide bonds. The predicted molar refractivity (Wildman–Crippen MR) is 197 cm³/mol. The first-order valence-electron chi connectivity index (χ1n) is 18.3.